The van der Waals surface area contributed by atoms with Gasteiger partial charge in [0.15, 0.2) is 0 Å². The van der Waals surface area contributed by atoms with Gasteiger partial charge in [-0.25, -0.2) is 0 Å². The van der Waals surface area contributed by atoms with Gasteiger partial charge < -0.3 is 9.47 Å². The van der Waals surface area contributed by atoms with Crippen molar-refractivity contribution in [2.45, 2.75) is 157 Å². The van der Waals surface area contributed by atoms with Gasteiger partial charge in [-0.1, -0.05) is 72.2 Å². The SMILES string of the molecule is CC1(C)C[C@@H](OCc2ccc(I)cc2)[C@]2(C)CC[C@]3(C)C(=CCC4[C@@]5(C)CC[C@@H]6OC(C)(C)CC[C@]6(C)C5CC[C@]43C)[C@@H]2C1. The minimum atomic E-state index is 0.0426. The normalized spacial score (nSPS) is 49.0. The molecule has 0 N–H and O–H groups in total. The van der Waals surface area contributed by atoms with E-state index in [-0.39, 0.29) is 16.4 Å². The average molecular weight is 713 g/mol. The number of benzene rings is 1. The predicted molar refractivity (Wildman–Crippen MR) is 190 cm³/mol. The molecule has 1 heterocycles. The van der Waals surface area contributed by atoms with Crippen LogP contribution in [0, 0.1) is 53.8 Å². The largest absolute Gasteiger partial charge is 0.373 e. The third-order valence-electron chi connectivity index (χ3n) is 15.9. The van der Waals surface area contributed by atoms with Crippen molar-refractivity contribution in [1.29, 1.82) is 0 Å². The van der Waals surface area contributed by atoms with Crippen LogP contribution in [-0.2, 0) is 16.1 Å². The van der Waals surface area contributed by atoms with Crippen molar-refractivity contribution >= 4 is 22.6 Å². The number of fused-ring (bicyclic) bond motifs is 9. The zero-order chi connectivity index (χ0) is 31.6. The maximum atomic E-state index is 6.98. The van der Waals surface area contributed by atoms with E-state index in [0.717, 1.165) is 18.4 Å². The summed E-state index contributed by atoms with van der Waals surface area (Å²) in [6, 6.07) is 8.94. The molecule has 1 aromatic carbocycles. The number of halogens is 1. The Hall–Kier alpha value is -0.390. The topological polar surface area (TPSA) is 18.5 Å². The summed E-state index contributed by atoms with van der Waals surface area (Å²) in [6.45, 7) is 23.9. The lowest BCUT2D eigenvalue weighted by Crippen LogP contribution is -2.66. The number of ether oxygens (including phenoxy) is 2. The Morgan fingerprint density at radius 1 is 0.750 bits per heavy atom. The molecule has 3 heteroatoms. The van der Waals surface area contributed by atoms with Crippen molar-refractivity contribution in [1.82, 2.24) is 0 Å². The van der Waals surface area contributed by atoms with Gasteiger partial charge in [-0.2, -0.15) is 0 Å². The van der Waals surface area contributed by atoms with E-state index in [4.69, 9.17) is 9.47 Å². The number of allylic oxidation sites excluding steroid dienone is 2. The van der Waals surface area contributed by atoms with Crippen LogP contribution in [0.25, 0.3) is 0 Å². The second kappa shape index (κ2) is 10.3. The zero-order valence-electron chi connectivity index (χ0n) is 29.5. The van der Waals surface area contributed by atoms with Crippen molar-refractivity contribution in [2.24, 2.45) is 50.2 Å². The van der Waals surface area contributed by atoms with Crippen LogP contribution in [-0.4, -0.2) is 17.8 Å². The molecular weight excluding hydrogens is 651 g/mol. The summed E-state index contributed by atoms with van der Waals surface area (Å²) in [4.78, 5) is 0. The third-order valence-corrected chi connectivity index (χ3v) is 16.6. The van der Waals surface area contributed by atoms with Crippen molar-refractivity contribution < 1.29 is 9.47 Å². The van der Waals surface area contributed by atoms with Crippen molar-refractivity contribution in [3.8, 4) is 0 Å². The van der Waals surface area contributed by atoms with Gasteiger partial charge in [0.1, 0.15) is 0 Å². The lowest BCUT2D eigenvalue weighted by atomic mass is 9.33. The molecule has 7 rings (SSSR count). The van der Waals surface area contributed by atoms with E-state index in [1.807, 2.05) is 5.57 Å². The van der Waals surface area contributed by atoms with Crippen LogP contribution in [0.15, 0.2) is 35.9 Å². The van der Waals surface area contributed by atoms with E-state index < -0.39 is 0 Å². The maximum absolute atomic E-state index is 6.98. The Balaban J connectivity index is 1.20. The first-order chi connectivity index (χ1) is 20.5. The molecule has 4 saturated carbocycles. The molecular formula is C41H61IO2. The summed E-state index contributed by atoms with van der Waals surface area (Å²) < 4.78 is 15.1. The van der Waals surface area contributed by atoms with Crippen LogP contribution >= 0.6 is 22.6 Å². The van der Waals surface area contributed by atoms with Gasteiger partial charge in [-0.15, -0.1) is 0 Å². The smallest absolute Gasteiger partial charge is 0.0720 e. The molecule has 10 atom stereocenters. The van der Waals surface area contributed by atoms with E-state index in [9.17, 15) is 0 Å². The average Bonchev–Trinajstić information content (AvgIpc) is 2.94. The van der Waals surface area contributed by atoms with Gasteiger partial charge in [0.25, 0.3) is 0 Å². The summed E-state index contributed by atoms with van der Waals surface area (Å²) in [7, 11) is 0. The van der Waals surface area contributed by atoms with Crippen LogP contribution in [0.4, 0.5) is 0 Å². The molecule has 0 amide bonds. The molecule has 0 aromatic heterocycles. The molecule has 0 spiro atoms. The highest BCUT2D eigenvalue weighted by molar-refractivity contribution is 14.1. The lowest BCUT2D eigenvalue weighted by Gasteiger charge is -2.72. The van der Waals surface area contributed by atoms with E-state index in [2.05, 4.69) is 115 Å². The van der Waals surface area contributed by atoms with E-state index in [1.54, 1.807) is 0 Å². The first-order valence-corrected chi connectivity index (χ1v) is 19.3. The maximum Gasteiger partial charge on any atom is 0.0720 e. The quantitative estimate of drug-likeness (QED) is 0.229. The molecule has 5 aliphatic carbocycles. The molecule has 5 fully saturated rings. The van der Waals surface area contributed by atoms with Crippen molar-refractivity contribution in [3.63, 3.8) is 0 Å². The van der Waals surface area contributed by atoms with Crippen molar-refractivity contribution in [3.05, 3.63) is 45.0 Å². The van der Waals surface area contributed by atoms with Gasteiger partial charge in [0.05, 0.1) is 24.4 Å². The molecule has 1 saturated heterocycles. The molecule has 2 unspecified atom stereocenters. The number of hydrogen-bond donors (Lipinski definition) is 0. The molecule has 6 aliphatic rings. The molecule has 2 nitrogen and oxygen atoms in total. The highest BCUT2D eigenvalue weighted by Crippen LogP contribution is 2.76. The minimum Gasteiger partial charge on any atom is -0.373 e. The van der Waals surface area contributed by atoms with Crippen LogP contribution < -0.4 is 0 Å². The zero-order valence-corrected chi connectivity index (χ0v) is 31.6. The standard InChI is InChI=1S/C41H61IO2/c1-35(2)24-30-29-14-15-32-38(6)18-17-33-39(7,21-20-36(3,4)44-33)31(38)16-19-41(32,9)40(29,8)23-22-37(30,5)34(25-35)43-26-27-10-12-28(42)13-11-27/h10-14,30-34H,15-26H2,1-9H3/t30-,31?,32?,33-,34+,37+,38-,39+,40+,41+/m0/s1. The van der Waals surface area contributed by atoms with Gasteiger partial charge in [-0.05, 0) is 170 Å². The summed E-state index contributed by atoms with van der Waals surface area (Å²) in [5.41, 5.74) is 5.07. The van der Waals surface area contributed by atoms with Crippen LogP contribution in [0.1, 0.15) is 139 Å². The first-order valence-electron chi connectivity index (χ1n) is 18.2. The summed E-state index contributed by atoms with van der Waals surface area (Å²) in [6.07, 6.45) is 17.9. The van der Waals surface area contributed by atoms with Crippen molar-refractivity contribution in [2.75, 3.05) is 0 Å². The fourth-order valence-corrected chi connectivity index (χ4v) is 13.4. The van der Waals surface area contributed by atoms with Gasteiger partial charge in [0, 0.05) is 8.99 Å². The Bertz CT molecular complexity index is 1310. The monoisotopic (exact) mass is 712 g/mol. The second-order valence-corrected chi connectivity index (χ2v) is 20.5. The highest BCUT2D eigenvalue weighted by Gasteiger charge is 2.69. The third kappa shape index (κ3) is 4.64. The van der Waals surface area contributed by atoms with Gasteiger partial charge in [0.2, 0.25) is 0 Å². The second-order valence-electron chi connectivity index (χ2n) is 19.3. The molecule has 1 aliphatic heterocycles. The summed E-state index contributed by atoms with van der Waals surface area (Å²) in [5, 5.41) is 0. The molecule has 1 aromatic rings. The van der Waals surface area contributed by atoms with E-state index in [0.29, 0.717) is 39.8 Å². The Labute approximate surface area is 283 Å². The highest BCUT2D eigenvalue weighted by atomic mass is 127. The fourth-order valence-electron chi connectivity index (χ4n) is 13.0. The Morgan fingerprint density at radius 3 is 2.18 bits per heavy atom. The van der Waals surface area contributed by atoms with Crippen LogP contribution in [0.2, 0.25) is 0 Å². The van der Waals surface area contributed by atoms with E-state index in [1.165, 1.54) is 79.8 Å². The fraction of sp³-hybridized carbons (Fsp3) is 0.805. The first kappa shape index (κ1) is 32.2. The minimum absolute atomic E-state index is 0.0426. The number of rotatable bonds is 3. The molecule has 44 heavy (non-hydrogen) atoms. The van der Waals surface area contributed by atoms with Gasteiger partial charge >= 0.3 is 0 Å². The van der Waals surface area contributed by atoms with Crippen LogP contribution in [0.5, 0.6) is 0 Å². The van der Waals surface area contributed by atoms with Crippen LogP contribution in [0.3, 0.4) is 0 Å². The van der Waals surface area contributed by atoms with E-state index >= 15 is 0 Å². The number of hydrogen-bond acceptors (Lipinski definition) is 2. The molecule has 0 bridgehead atoms. The van der Waals surface area contributed by atoms with Gasteiger partial charge in [-0.3, -0.25) is 0 Å². The molecule has 0 radical (unpaired) electrons. The lowest BCUT2D eigenvalue weighted by molar-refractivity contribution is -0.259. The summed E-state index contributed by atoms with van der Waals surface area (Å²) >= 11 is 2.40. The molecule has 244 valence electrons. The summed E-state index contributed by atoms with van der Waals surface area (Å²) in [5.74, 6) is 2.17. The Kier molecular flexibility index (Phi) is 7.53. The predicted octanol–water partition coefficient (Wildman–Crippen LogP) is 11.5. The Morgan fingerprint density at radius 2 is 1.45 bits per heavy atom.